The SMILES string of the molecule is Cc1ccc(-c2noc(CSC(C)C(=O)N3CCCCC3)n2)cc1. The van der Waals surface area contributed by atoms with Crippen molar-refractivity contribution in [2.45, 2.75) is 44.1 Å². The first-order valence-corrected chi connectivity index (χ1v) is 9.48. The van der Waals surface area contributed by atoms with Crippen LogP contribution in [0.5, 0.6) is 0 Å². The van der Waals surface area contributed by atoms with E-state index in [1.54, 1.807) is 11.8 Å². The van der Waals surface area contributed by atoms with Crippen LogP contribution in [0.2, 0.25) is 0 Å². The van der Waals surface area contributed by atoms with Gasteiger partial charge >= 0.3 is 0 Å². The van der Waals surface area contributed by atoms with E-state index < -0.39 is 0 Å². The zero-order valence-electron chi connectivity index (χ0n) is 14.2. The Bertz CT molecular complexity index is 678. The minimum absolute atomic E-state index is 0.0853. The predicted molar refractivity (Wildman–Crippen MR) is 95.7 cm³/mol. The Balaban J connectivity index is 1.55. The average molecular weight is 345 g/mol. The van der Waals surface area contributed by atoms with Gasteiger partial charge in [-0.1, -0.05) is 35.0 Å². The number of hydrogen-bond acceptors (Lipinski definition) is 5. The third-order valence-electron chi connectivity index (χ3n) is 4.25. The molecule has 3 rings (SSSR count). The molecule has 0 bridgehead atoms. The molecule has 0 radical (unpaired) electrons. The number of likely N-dealkylation sites (tertiary alicyclic amines) is 1. The predicted octanol–water partition coefficient (Wildman–Crippen LogP) is 3.68. The zero-order valence-corrected chi connectivity index (χ0v) is 15.0. The van der Waals surface area contributed by atoms with Crippen molar-refractivity contribution >= 4 is 17.7 Å². The van der Waals surface area contributed by atoms with Gasteiger partial charge in [-0.2, -0.15) is 4.98 Å². The lowest BCUT2D eigenvalue weighted by Crippen LogP contribution is -2.40. The van der Waals surface area contributed by atoms with Gasteiger partial charge in [-0.3, -0.25) is 4.79 Å². The highest BCUT2D eigenvalue weighted by atomic mass is 32.2. The lowest BCUT2D eigenvalue weighted by atomic mass is 10.1. The fourth-order valence-corrected chi connectivity index (χ4v) is 3.57. The first-order chi connectivity index (χ1) is 11.6. The van der Waals surface area contributed by atoms with E-state index in [4.69, 9.17) is 4.52 Å². The first kappa shape index (κ1) is 17.0. The third kappa shape index (κ3) is 4.17. The molecule has 1 aliphatic rings. The Morgan fingerprint density at radius 2 is 1.96 bits per heavy atom. The molecule has 0 spiro atoms. The maximum Gasteiger partial charge on any atom is 0.236 e. The number of hydrogen-bond donors (Lipinski definition) is 0. The van der Waals surface area contributed by atoms with Crippen LogP contribution in [0, 0.1) is 6.92 Å². The molecule has 1 fully saturated rings. The highest BCUT2D eigenvalue weighted by Crippen LogP contribution is 2.22. The van der Waals surface area contributed by atoms with Gasteiger partial charge in [0.15, 0.2) is 0 Å². The lowest BCUT2D eigenvalue weighted by molar-refractivity contribution is -0.131. The molecule has 0 saturated carbocycles. The topological polar surface area (TPSA) is 59.2 Å². The molecule has 5 nitrogen and oxygen atoms in total. The largest absolute Gasteiger partial charge is 0.342 e. The molecule has 0 N–H and O–H groups in total. The fraction of sp³-hybridized carbons (Fsp3) is 0.500. The number of thioether (sulfide) groups is 1. The van der Waals surface area contributed by atoms with E-state index >= 15 is 0 Å². The maximum absolute atomic E-state index is 12.4. The summed E-state index contributed by atoms with van der Waals surface area (Å²) >= 11 is 1.55. The average Bonchev–Trinajstić information content (AvgIpc) is 3.09. The summed E-state index contributed by atoms with van der Waals surface area (Å²) in [5.41, 5.74) is 2.14. The highest BCUT2D eigenvalue weighted by Gasteiger charge is 2.23. The van der Waals surface area contributed by atoms with E-state index in [0.29, 0.717) is 17.5 Å². The number of aryl methyl sites for hydroxylation is 1. The van der Waals surface area contributed by atoms with Gasteiger partial charge in [0.2, 0.25) is 17.6 Å². The summed E-state index contributed by atoms with van der Waals surface area (Å²) in [5, 5.41) is 3.95. The Hall–Kier alpha value is -1.82. The summed E-state index contributed by atoms with van der Waals surface area (Å²) < 4.78 is 5.32. The van der Waals surface area contributed by atoms with Crippen LogP contribution >= 0.6 is 11.8 Å². The molecule has 1 atom stereocenters. The van der Waals surface area contributed by atoms with E-state index in [-0.39, 0.29) is 11.2 Å². The van der Waals surface area contributed by atoms with Crippen molar-refractivity contribution in [1.29, 1.82) is 0 Å². The second kappa shape index (κ2) is 7.83. The Labute approximate surface area is 146 Å². The maximum atomic E-state index is 12.4. The van der Waals surface area contributed by atoms with Crippen molar-refractivity contribution in [2.75, 3.05) is 13.1 Å². The number of carbonyl (C=O) groups is 1. The molecule has 1 aromatic heterocycles. The minimum atomic E-state index is -0.0853. The molecule has 2 aromatic rings. The number of rotatable bonds is 5. The quantitative estimate of drug-likeness (QED) is 0.827. The summed E-state index contributed by atoms with van der Waals surface area (Å²) in [6, 6.07) is 8.03. The van der Waals surface area contributed by atoms with Gasteiger partial charge in [0.05, 0.1) is 11.0 Å². The molecule has 1 aliphatic heterocycles. The normalized spacial score (nSPS) is 16.2. The molecule has 6 heteroatoms. The van der Waals surface area contributed by atoms with Crippen molar-refractivity contribution in [1.82, 2.24) is 15.0 Å². The van der Waals surface area contributed by atoms with Gasteiger partial charge in [-0.25, -0.2) is 0 Å². The molecule has 128 valence electrons. The second-order valence-electron chi connectivity index (χ2n) is 6.22. The molecular formula is C18H23N3O2S. The monoisotopic (exact) mass is 345 g/mol. The lowest BCUT2D eigenvalue weighted by Gasteiger charge is -2.28. The van der Waals surface area contributed by atoms with Crippen molar-refractivity contribution < 1.29 is 9.32 Å². The van der Waals surface area contributed by atoms with E-state index in [2.05, 4.69) is 10.1 Å². The Kier molecular flexibility index (Phi) is 5.56. The van der Waals surface area contributed by atoms with Crippen LogP contribution in [-0.4, -0.2) is 39.3 Å². The smallest absolute Gasteiger partial charge is 0.236 e. The van der Waals surface area contributed by atoms with Crippen LogP contribution in [0.4, 0.5) is 0 Å². The van der Waals surface area contributed by atoms with Gasteiger partial charge in [0.25, 0.3) is 0 Å². The third-order valence-corrected chi connectivity index (χ3v) is 5.37. The van der Waals surface area contributed by atoms with Gasteiger partial charge in [0.1, 0.15) is 0 Å². The van der Waals surface area contributed by atoms with Crippen molar-refractivity contribution in [3.8, 4) is 11.4 Å². The highest BCUT2D eigenvalue weighted by molar-refractivity contribution is 7.99. The summed E-state index contributed by atoms with van der Waals surface area (Å²) in [6.07, 6.45) is 3.47. The number of piperidine rings is 1. The summed E-state index contributed by atoms with van der Waals surface area (Å²) in [4.78, 5) is 18.8. The van der Waals surface area contributed by atoms with Crippen LogP contribution in [0.3, 0.4) is 0 Å². The van der Waals surface area contributed by atoms with E-state index in [1.807, 2.05) is 43.0 Å². The number of amides is 1. The summed E-state index contributed by atoms with van der Waals surface area (Å²) in [5.74, 6) is 1.94. The van der Waals surface area contributed by atoms with Crippen molar-refractivity contribution in [2.24, 2.45) is 0 Å². The van der Waals surface area contributed by atoms with E-state index in [0.717, 1.165) is 31.5 Å². The van der Waals surface area contributed by atoms with E-state index in [9.17, 15) is 4.79 Å². The standard InChI is InChI=1S/C18H23N3O2S/c1-13-6-8-15(9-7-13)17-19-16(23-20-17)12-24-14(2)18(22)21-10-4-3-5-11-21/h6-9,14H,3-5,10-12H2,1-2H3. The van der Waals surface area contributed by atoms with Crippen LogP contribution < -0.4 is 0 Å². The number of carbonyl (C=O) groups excluding carboxylic acids is 1. The summed E-state index contributed by atoms with van der Waals surface area (Å²) in [7, 11) is 0. The zero-order chi connectivity index (χ0) is 16.9. The molecule has 1 aromatic carbocycles. The van der Waals surface area contributed by atoms with Gasteiger partial charge in [-0.15, -0.1) is 11.8 Å². The molecule has 24 heavy (non-hydrogen) atoms. The van der Waals surface area contributed by atoms with Gasteiger partial charge in [-0.05, 0) is 33.1 Å². The van der Waals surface area contributed by atoms with Crippen LogP contribution in [0.1, 0.15) is 37.6 Å². The van der Waals surface area contributed by atoms with Crippen LogP contribution in [-0.2, 0) is 10.5 Å². The number of benzene rings is 1. The molecule has 2 heterocycles. The Morgan fingerprint density at radius 3 is 2.67 bits per heavy atom. The molecule has 0 aliphatic carbocycles. The minimum Gasteiger partial charge on any atom is -0.342 e. The Morgan fingerprint density at radius 1 is 1.25 bits per heavy atom. The molecular weight excluding hydrogens is 322 g/mol. The number of nitrogens with zero attached hydrogens (tertiary/aromatic N) is 3. The first-order valence-electron chi connectivity index (χ1n) is 8.43. The fourth-order valence-electron chi connectivity index (χ4n) is 2.77. The number of aromatic nitrogens is 2. The van der Waals surface area contributed by atoms with Gasteiger partial charge < -0.3 is 9.42 Å². The summed E-state index contributed by atoms with van der Waals surface area (Å²) in [6.45, 7) is 5.78. The van der Waals surface area contributed by atoms with Crippen molar-refractivity contribution in [3.05, 3.63) is 35.7 Å². The molecule has 1 saturated heterocycles. The second-order valence-corrected chi connectivity index (χ2v) is 7.55. The molecule has 1 unspecified atom stereocenters. The molecule has 1 amide bonds. The van der Waals surface area contributed by atoms with Gasteiger partial charge in [0, 0.05) is 18.7 Å². The van der Waals surface area contributed by atoms with Crippen LogP contribution in [0.25, 0.3) is 11.4 Å². The van der Waals surface area contributed by atoms with Crippen molar-refractivity contribution in [3.63, 3.8) is 0 Å². The van der Waals surface area contributed by atoms with Crippen LogP contribution in [0.15, 0.2) is 28.8 Å². The van der Waals surface area contributed by atoms with E-state index in [1.165, 1.54) is 12.0 Å².